The van der Waals surface area contributed by atoms with Crippen LogP contribution in [0.25, 0.3) is 22.2 Å². The lowest BCUT2D eigenvalue weighted by atomic mass is 10.0. The Kier molecular flexibility index (Phi) is 2.08. The lowest BCUT2D eigenvalue weighted by Crippen LogP contribution is -2.04. The summed E-state index contributed by atoms with van der Waals surface area (Å²) in [5.41, 5.74) is 3.36. The van der Waals surface area contributed by atoms with Crippen molar-refractivity contribution in [1.29, 1.82) is 0 Å². The second-order valence-corrected chi connectivity index (χ2v) is 3.99. The van der Waals surface area contributed by atoms with Crippen LogP contribution in [0.15, 0.2) is 41.2 Å². The maximum Gasteiger partial charge on any atom is 0.250 e. The summed E-state index contributed by atoms with van der Waals surface area (Å²) in [6.07, 6.45) is 0. The smallest absolute Gasteiger partial charge is 0.250 e. The van der Waals surface area contributed by atoms with Gasteiger partial charge >= 0.3 is 0 Å². The number of H-pyrrole nitrogens is 2. The predicted molar refractivity (Wildman–Crippen MR) is 66.9 cm³/mol. The number of fused-ring (bicyclic) bond motifs is 1. The number of benzene rings is 1. The topological polar surface area (TPSA) is 61.5 Å². The van der Waals surface area contributed by atoms with E-state index in [0.29, 0.717) is 5.65 Å². The van der Waals surface area contributed by atoms with E-state index in [-0.39, 0.29) is 5.56 Å². The van der Waals surface area contributed by atoms with E-state index >= 15 is 0 Å². The number of hydrogen-bond donors (Lipinski definition) is 2. The Labute approximate surface area is 97.3 Å². The number of nitrogens with one attached hydrogen (secondary N) is 2. The maximum atomic E-state index is 11.6. The van der Waals surface area contributed by atoms with Crippen LogP contribution in [0.3, 0.4) is 0 Å². The van der Waals surface area contributed by atoms with Gasteiger partial charge in [-0.15, -0.1) is 0 Å². The molecule has 0 fully saturated rings. The molecule has 0 aliphatic carbocycles. The molecule has 1 aromatic carbocycles. The van der Waals surface area contributed by atoms with Crippen molar-refractivity contribution in [2.24, 2.45) is 0 Å². The van der Waals surface area contributed by atoms with Gasteiger partial charge in [0.15, 0.2) is 5.65 Å². The fourth-order valence-corrected chi connectivity index (χ4v) is 2.05. The van der Waals surface area contributed by atoms with Crippen molar-refractivity contribution >= 4 is 11.0 Å². The zero-order valence-corrected chi connectivity index (χ0v) is 9.32. The summed E-state index contributed by atoms with van der Waals surface area (Å²) in [6, 6.07) is 11.5. The second-order valence-electron chi connectivity index (χ2n) is 3.99. The SMILES string of the molecule is Cc1[nH]nc2[nH]c(=O)cc(-c3ccccc3)c12. The van der Waals surface area contributed by atoms with Crippen molar-refractivity contribution in [3.8, 4) is 11.1 Å². The van der Waals surface area contributed by atoms with Crippen LogP contribution in [0.1, 0.15) is 5.69 Å². The van der Waals surface area contributed by atoms with Gasteiger partial charge in [-0.1, -0.05) is 30.3 Å². The maximum absolute atomic E-state index is 11.6. The van der Waals surface area contributed by atoms with Crippen LogP contribution in [-0.4, -0.2) is 15.2 Å². The van der Waals surface area contributed by atoms with Gasteiger partial charge in [-0.3, -0.25) is 9.89 Å². The van der Waals surface area contributed by atoms with Crippen molar-refractivity contribution in [2.75, 3.05) is 0 Å². The third-order valence-electron chi connectivity index (χ3n) is 2.82. The van der Waals surface area contributed by atoms with Crippen LogP contribution >= 0.6 is 0 Å². The Morgan fingerprint density at radius 3 is 2.71 bits per heavy atom. The van der Waals surface area contributed by atoms with Crippen molar-refractivity contribution in [2.45, 2.75) is 6.92 Å². The Hall–Kier alpha value is -2.36. The van der Waals surface area contributed by atoms with Gasteiger partial charge in [0.1, 0.15) is 0 Å². The number of aryl methyl sites for hydroxylation is 1. The fourth-order valence-electron chi connectivity index (χ4n) is 2.05. The molecule has 0 unspecified atom stereocenters. The highest BCUT2D eigenvalue weighted by molar-refractivity contribution is 5.94. The molecule has 0 spiro atoms. The molecule has 0 atom stereocenters. The zero-order chi connectivity index (χ0) is 11.8. The van der Waals surface area contributed by atoms with Gasteiger partial charge in [-0.25, -0.2) is 0 Å². The number of pyridine rings is 1. The van der Waals surface area contributed by atoms with Gasteiger partial charge in [0.25, 0.3) is 0 Å². The van der Waals surface area contributed by atoms with Crippen molar-refractivity contribution < 1.29 is 0 Å². The molecule has 0 aliphatic rings. The average Bonchev–Trinajstić information content (AvgIpc) is 2.71. The molecule has 4 heteroatoms. The van der Waals surface area contributed by atoms with E-state index in [0.717, 1.165) is 22.2 Å². The molecule has 2 N–H and O–H groups in total. The van der Waals surface area contributed by atoms with E-state index in [1.54, 1.807) is 6.07 Å². The third-order valence-corrected chi connectivity index (χ3v) is 2.82. The fraction of sp³-hybridized carbons (Fsp3) is 0.0769. The molecule has 0 saturated heterocycles. The molecule has 84 valence electrons. The number of nitrogens with zero attached hydrogens (tertiary/aromatic N) is 1. The van der Waals surface area contributed by atoms with E-state index < -0.39 is 0 Å². The Balaban J connectivity index is 2.43. The van der Waals surface area contributed by atoms with Crippen LogP contribution in [0.5, 0.6) is 0 Å². The highest BCUT2D eigenvalue weighted by Gasteiger charge is 2.10. The molecule has 2 heterocycles. The molecular weight excluding hydrogens is 214 g/mol. The minimum absolute atomic E-state index is 0.136. The van der Waals surface area contributed by atoms with E-state index in [4.69, 9.17) is 0 Å². The van der Waals surface area contributed by atoms with E-state index in [1.165, 1.54) is 0 Å². The van der Waals surface area contributed by atoms with Gasteiger partial charge in [0, 0.05) is 17.1 Å². The molecule has 3 rings (SSSR count). The first-order valence-electron chi connectivity index (χ1n) is 5.39. The van der Waals surface area contributed by atoms with Crippen LogP contribution in [0, 0.1) is 6.92 Å². The van der Waals surface area contributed by atoms with Gasteiger partial charge < -0.3 is 4.98 Å². The van der Waals surface area contributed by atoms with Crippen LogP contribution in [0.4, 0.5) is 0 Å². The predicted octanol–water partition coefficient (Wildman–Crippen LogP) is 2.23. The summed E-state index contributed by atoms with van der Waals surface area (Å²) in [4.78, 5) is 14.3. The molecular formula is C13H11N3O. The van der Waals surface area contributed by atoms with Crippen molar-refractivity contribution in [3.05, 3.63) is 52.4 Å². The van der Waals surface area contributed by atoms with Crippen LogP contribution < -0.4 is 5.56 Å². The van der Waals surface area contributed by atoms with E-state index in [1.807, 2.05) is 37.3 Å². The molecule has 0 saturated carbocycles. The van der Waals surface area contributed by atoms with E-state index in [9.17, 15) is 4.79 Å². The summed E-state index contributed by atoms with van der Waals surface area (Å²) in [6.45, 7) is 1.94. The quantitative estimate of drug-likeness (QED) is 0.667. The van der Waals surface area contributed by atoms with Gasteiger partial charge in [-0.05, 0) is 18.1 Å². The molecule has 4 nitrogen and oxygen atoms in total. The van der Waals surface area contributed by atoms with Crippen LogP contribution in [-0.2, 0) is 0 Å². The first kappa shape index (κ1) is 9.84. The second kappa shape index (κ2) is 3.59. The normalized spacial score (nSPS) is 10.9. The number of hydrogen-bond acceptors (Lipinski definition) is 2. The first-order valence-corrected chi connectivity index (χ1v) is 5.39. The van der Waals surface area contributed by atoms with Crippen molar-refractivity contribution in [1.82, 2.24) is 15.2 Å². The highest BCUT2D eigenvalue weighted by atomic mass is 16.1. The van der Waals surface area contributed by atoms with Gasteiger partial charge in [0.2, 0.25) is 5.56 Å². The highest BCUT2D eigenvalue weighted by Crippen LogP contribution is 2.26. The average molecular weight is 225 g/mol. The Bertz CT molecular complexity index is 725. The molecule has 0 radical (unpaired) electrons. The standard InChI is InChI=1S/C13H11N3O/c1-8-12-10(9-5-3-2-4-6-9)7-11(17)14-13(12)16-15-8/h2-7H,1H3,(H2,14,15,16,17). The first-order chi connectivity index (χ1) is 8.25. The molecule has 2 aromatic heterocycles. The minimum Gasteiger partial charge on any atom is -0.305 e. The number of aromatic amines is 2. The molecule has 3 aromatic rings. The van der Waals surface area contributed by atoms with Gasteiger partial charge in [0.05, 0.1) is 0 Å². The van der Waals surface area contributed by atoms with Gasteiger partial charge in [-0.2, -0.15) is 5.10 Å². The Morgan fingerprint density at radius 1 is 1.18 bits per heavy atom. The van der Waals surface area contributed by atoms with E-state index in [2.05, 4.69) is 15.2 Å². The van der Waals surface area contributed by atoms with Crippen LogP contribution in [0.2, 0.25) is 0 Å². The summed E-state index contributed by atoms with van der Waals surface area (Å²) in [7, 11) is 0. The monoisotopic (exact) mass is 225 g/mol. The molecule has 17 heavy (non-hydrogen) atoms. The molecule has 0 amide bonds. The molecule has 0 bridgehead atoms. The Morgan fingerprint density at radius 2 is 1.94 bits per heavy atom. The lowest BCUT2D eigenvalue weighted by Gasteiger charge is -2.02. The summed E-state index contributed by atoms with van der Waals surface area (Å²) in [5.74, 6) is 0. The lowest BCUT2D eigenvalue weighted by molar-refractivity contribution is 1.05. The summed E-state index contributed by atoms with van der Waals surface area (Å²) in [5, 5.41) is 7.95. The third kappa shape index (κ3) is 1.54. The van der Waals surface area contributed by atoms with Crippen molar-refractivity contribution in [3.63, 3.8) is 0 Å². The summed E-state index contributed by atoms with van der Waals surface area (Å²) < 4.78 is 0. The number of rotatable bonds is 1. The minimum atomic E-state index is -0.136. The molecule has 0 aliphatic heterocycles. The number of aromatic nitrogens is 3. The largest absolute Gasteiger partial charge is 0.305 e. The summed E-state index contributed by atoms with van der Waals surface area (Å²) >= 11 is 0. The zero-order valence-electron chi connectivity index (χ0n) is 9.32.